The maximum atomic E-state index is 12.0. The molecule has 2 saturated heterocycles. The molecule has 0 aromatic carbocycles. The lowest BCUT2D eigenvalue weighted by Crippen LogP contribution is -2.54. The van der Waals surface area contributed by atoms with Crippen LogP contribution in [0.25, 0.3) is 0 Å². The Morgan fingerprint density at radius 2 is 2.00 bits per heavy atom. The average molecular weight is 290 g/mol. The Labute approximate surface area is 115 Å². The topological polar surface area (TPSA) is 103 Å². The third-order valence-corrected chi connectivity index (χ3v) is 4.02. The summed E-state index contributed by atoms with van der Waals surface area (Å²) in [4.78, 5) is 12.0. The highest BCUT2D eigenvalue weighted by atomic mass is 32.2. The van der Waals surface area contributed by atoms with Crippen LogP contribution in [-0.2, 0) is 20.3 Å². The van der Waals surface area contributed by atoms with Crippen molar-refractivity contribution in [2.24, 2.45) is 0 Å². The van der Waals surface area contributed by atoms with Crippen molar-refractivity contribution >= 4 is 17.3 Å². The Kier molecular flexibility index (Phi) is 5.71. The molecule has 1 amide bonds. The summed E-state index contributed by atoms with van der Waals surface area (Å²) in [5.41, 5.74) is 0. The lowest BCUT2D eigenvalue weighted by molar-refractivity contribution is -0.124. The predicted octanol–water partition coefficient (Wildman–Crippen LogP) is -1.21. The Morgan fingerprint density at radius 1 is 1.26 bits per heavy atom. The number of hydrogen-bond acceptors (Lipinski definition) is 6. The molecule has 2 aliphatic heterocycles. The fourth-order valence-electron chi connectivity index (χ4n) is 2.52. The van der Waals surface area contributed by atoms with E-state index < -0.39 is 11.4 Å². The fraction of sp³-hybridized carbons (Fsp3) is 0.909. The summed E-state index contributed by atoms with van der Waals surface area (Å²) in [5, 5.41) is 9.33. The number of hydrogen-bond donors (Lipinski definition) is 3. The van der Waals surface area contributed by atoms with Crippen LogP contribution in [0.3, 0.4) is 0 Å². The van der Waals surface area contributed by atoms with Crippen molar-refractivity contribution in [3.63, 3.8) is 0 Å². The van der Waals surface area contributed by atoms with E-state index in [1.807, 2.05) is 0 Å². The quantitative estimate of drug-likeness (QED) is 0.561. The van der Waals surface area contributed by atoms with Crippen LogP contribution in [0.5, 0.6) is 0 Å². The summed E-state index contributed by atoms with van der Waals surface area (Å²) >= 11 is -2.49. The smallest absolute Gasteiger partial charge is 0.237 e. The Hall–Kier alpha value is -0.540. The molecule has 0 saturated carbocycles. The highest BCUT2D eigenvalue weighted by Gasteiger charge is 2.28. The summed E-state index contributed by atoms with van der Waals surface area (Å²) in [5.74, 6) is 0.00796. The zero-order chi connectivity index (χ0) is 13.7. The van der Waals surface area contributed by atoms with Crippen molar-refractivity contribution in [2.75, 3.05) is 19.6 Å². The Morgan fingerprint density at radius 3 is 2.58 bits per heavy atom. The minimum absolute atomic E-state index is 0.00796. The largest absolute Gasteiger partial charge is 0.750 e. The van der Waals surface area contributed by atoms with Gasteiger partial charge in [-0.15, -0.1) is 0 Å². The van der Waals surface area contributed by atoms with Crippen molar-refractivity contribution in [1.29, 1.82) is 0 Å². The van der Waals surface area contributed by atoms with Gasteiger partial charge in [-0.05, 0) is 38.8 Å². The standard InChI is InChI=1S/C11H21N3O4S/c15-11(14-8-3-5-12-6-4-8)10-2-1-9(7-13-10)18-19(16)17/h8-10,12-13H,1-7H2,(H,14,15)(H,16,17)/p-1. The van der Waals surface area contributed by atoms with Gasteiger partial charge in [0.15, 0.2) is 0 Å². The lowest BCUT2D eigenvalue weighted by atomic mass is 10.0. The number of rotatable bonds is 4. The molecule has 0 aromatic rings. The molecule has 3 unspecified atom stereocenters. The second kappa shape index (κ2) is 7.30. The van der Waals surface area contributed by atoms with Gasteiger partial charge >= 0.3 is 0 Å². The normalized spacial score (nSPS) is 30.8. The second-order valence-corrected chi connectivity index (χ2v) is 5.59. The van der Waals surface area contributed by atoms with Crippen LogP contribution in [0, 0.1) is 0 Å². The van der Waals surface area contributed by atoms with E-state index in [1.165, 1.54) is 0 Å². The van der Waals surface area contributed by atoms with Crippen LogP contribution in [0.2, 0.25) is 0 Å². The zero-order valence-corrected chi connectivity index (χ0v) is 11.5. The van der Waals surface area contributed by atoms with Gasteiger partial charge in [0.2, 0.25) is 5.91 Å². The van der Waals surface area contributed by atoms with Crippen LogP contribution < -0.4 is 16.0 Å². The van der Waals surface area contributed by atoms with Crippen LogP contribution in [0.1, 0.15) is 25.7 Å². The van der Waals surface area contributed by atoms with Gasteiger partial charge in [0.1, 0.15) is 0 Å². The van der Waals surface area contributed by atoms with Crippen LogP contribution >= 0.6 is 0 Å². The van der Waals surface area contributed by atoms with Gasteiger partial charge in [-0.3, -0.25) is 8.98 Å². The minimum atomic E-state index is -2.49. The van der Waals surface area contributed by atoms with E-state index in [2.05, 4.69) is 20.1 Å². The number of nitrogens with one attached hydrogen (secondary N) is 3. The molecule has 8 heteroatoms. The van der Waals surface area contributed by atoms with E-state index in [-0.39, 0.29) is 24.1 Å². The Balaban J connectivity index is 1.71. The van der Waals surface area contributed by atoms with E-state index >= 15 is 0 Å². The first kappa shape index (κ1) is 14.9. The van der Waals surface area contributed by atoms with Gasteiger partial charge in [0.25, 0.3) is 0 Å². The highest BCUT2D eigenvalue weighted by molar-refractivity contribution is 7.74. The maximum Gasteiger partial charge on any atom is 0.237 e. The van der Waals surface area contributed by atoms with Crippen LogP contribution in [0.15, 0.2) is 0 Å². The first-order chi connectivity index (χ1) is 9.15. The highest BCUT2D eigenvalue weighted by Crippen LogP contribution is 2.13. The monoisotopic (exact) mass is 290 g/mol. The predicted molar refractivity (Wildman–Crippen MR) is 68.9 cm³/mol. The lowest BCUT2D eigenvalue weighted by Gasteiger charge is -2.31. The molecule has 3 atom stereocenters. The van der Waals surface area contributed by atoms with E-state index in [9.17, 15) is 13.6 Å². The minimum Gasteiger partial charge on any atom is -0.750 e. The average Bonchev–Trinajstić information content (AvgIpc) is 2.40. The van der Waals surface area contributed by atoms with E-state index in [4.69, 9.17) is 0 Å². The molecule has 3 N–H and O–H groups in total. The third kappa shape index (κ3) is 4.81. The second-order valence-electron chi connectivity index (χ2n) is 4.99. The molecule has 2 heterocycles. The van der Waals surface area contributed by atoms with Gasteiger partial charge in [0.05, 0.1) is 23.5 Å². The maximum absolute atomic E-state index is 12.0. The summed E-state index contributed by atoms with van der Waals surface area (Å²) < 4.78 is 25.5. The van der Waals surface area contributed by atoms with Gasteiger partial charge < -0.3 is 20.5 Å². The molecule has 2 aliphatic rings. The molecule has 2 fully saturated rings. The van der Waals surface area contributed by atoms with Crippen molar-refractivity contribution in [3.8, 4) is 0 Å². The van der Waals surface area contributed by atoms with Gasteiger partial charge in [-0.2, -0.15) is 0 Å². The summed E-state index contributed by atoms with van der Waals surface area (Å²) in [6, 6.07) is 0.00786. The molecule has 110 valence electrons. The number of amides is 1. The number of carbonyl (C=O) groups is 1. The summed E-state index contributed by atoms with van der Waals surface area (Å²) in [6.45, 7) is 2.26. The molecule has 19 heavy (non-hydrogen) atoms. The number of piperidine rings is 2. The van der Waals surface area contributed by atoms with E-state index in [0.29, 0.717) is 19.4 Å². The molecule has 0 spiro atoms. The zero-order valence-electron chi connectivity index (χ0n) is 10.7. The van der Waals surface area contributed by atoms with Crippen LogP contribution in [0.4, 0.5) is 0 Å². The summed E-state index contributed by atoms with van der Waals surface area (Å²) in [7, 11) is 0. The molecule has 0 aromatic heterocycles. The molecule has 7 nitrogen and oxygen atoms in total. The van der Waals surface area contributed by atoms with Crippen molar-refractivity contribution < 1.29 is 17.7 Å². The first-order valence-corrected chi connectivity index (χ1v) is 7.66. The molecule has 0 radical (unpaired) electrons. The number of carbonyl (C=O) groups excluding carboxylic acids is 1. The van der Waals surface area contributed by atoms with Crippen molar-refractivity contribution in [3.05, 3.63) is 0 Å². The first-order valence-electron chi connectivity index (χ1n) is 6.66. The SMILES string of the molecule is O=C(NC1CCNCC1)C1CCC(OS(=O)[O-])CN1. The molecule has 0 bridgehead atoms. The molecular weight excluding hydrogens is 270 g/mol. The van der Waals surface area contributed by atoms with E-state index in [0.717, 1.165) is 25.9 Å². The molecule has 2 rings (SSSR count). The van der Waals surface area contributed by atoms with Crippen molar-refractivity contribution in [1.82, 2.24) is 16.0 Å². The van der Waals surface area contributed by atoms with Gasteiger partial charge in [-0.25, -0.2) is 4.21 Å². The third-order valence-electron chi connectivity index (χ3n) is 3.59. The fourth-order valence-corrected chi connectivity index (χ4v) is 2.90. The van der Waals surface area contributed by atoms with Crippen molar-refractivity contribution in [2.45, 2.75) is 43.9 Å². The van der Waals surface area contributed by atoms with Crippen LogP contribution in [-0.4, -0.2) is 52.5 Å². The summed E-state index contributed by atoms with van der Waals surface area (Å²) in [6.07, 6.45) is 2.73. The van der Waals surface area contributed by atoms with E-state index in [1.54, 1.807) is 0 Å². The molecule has 0 aliphatic carbocycles. The van der Waals surface area contributed by atoms with Gasteiger partial charge in [-0.1, -0.05) is 0 Å². The molecular formula is C11H20N3O4S-. The Bertz CT molecular complexity index is 328. The van der Waals surface area contributed by atoms with Gasteiger partial charge in [0, 0.05) is 12.6 Å².